The van der Waals surface area contributed by atoms with Gasteiger partial charge in [0.25, 0.3) is 0 Å². The van der Waals surface area contributed by atoms with Gasteiger partial charge in [-0.05, 0) is 74.7 Å². The van der Waals surface area contributed by atoms with Crippen molar-refractivity contribution in [3.63, 3.8) is 0 Å². The van der Waals surface area contributed by atoms with E-state index in [1.54, 1.807) is 7.11 Å². The van der Waals surface area contributed by atoms with Crippen LogP contribution < -0.4 is 14.4 Å². The molecule has 0 aliphatic heterocycles. The molecule has 0 N–H and O–H groups in total. The highest BCUT2D eigenvalue weighted by atomic mass is 32.1. The molecule has 8 heteroatoms. The number of aromatic nitrogens is 1. The van der Waals surface area contributed by atoms with Gasteiger partial charge in [-0.1, -0.05) is 36.4 Å². The van der Waals surface area contributed by atoms with Crippen molar-refractivity contribution in [1.82, 2.24) is 4.98 Å². The van der Waals surface area contributed by atoms with Crippen LogP contribution in [-0.2, 0) is 19.1 Å². The lowest BCUT2D eigenvalue weighted by molar-refractivity contribution is -0.137. The lowest BCUT2D eigenvalue weighted by Crippen LogP contribution is -2.25. The summed E-state index contributed by atoms with van der Waals surface area (Å²) in [6.45, 7) is 7.11. The average molecular weight is 541 g/mol. The monoisotopic (exact) mass is 540 g/mol. The molecule has 4 aromatic rings. The first-order chi connectivity index (χ1) is 18.0. The third-order valence-corrected chi connectivity index (χ3v) is 6.70. The number of anilines is 1. The molecule has 38 heavy (non-hydrogen) atoms. The maximum atomic E-state index is 13.1. The highest BCUT2D eigenvalue weighted by Gasteiger charge is 2.30. The number of nitrogens with zero attached hydrogens (tertiary/aromatic N) is 2. The van der Waals surface area contributed by atoms with Gasteiger partial charge in [0.15, 0.2) is 5.13 Å². The van der Waals surface area contributed by atoms with Crippen LogP contribution in [0.5, 0.6) is 11.5 Å². The van der Waals surface area contributed by atoms with E-state index in [1.165, 1.54) is 23.5 Å². The van der Waals surface area contributed by atoms with E-state index in [0.29, 0.717) is 13.1 Å². The SMILES string of the molecule is COc1cccc(-c2csc(N(CCc3ccc(OC(C)(C)C)cc3)Cc3ccc(C(F)(F)F)cc3)n2)c1. The second-order valence-electron chi connectivity index (χ2n) is 9.97. The Bertz CT molecular complexity index is 1330. The van der Waals surface area contributed by atoms with E-state index in [-0.39, 0.29) is 5.60 Å². The first-order valence-corrected chi connectivity index (χ1v) is 13.2. The van der Waals surface area contributed by atoms with Gasteiger partial charge in [-0.2, -0.15) is 13.2 Å². The molecule has 1 aromatic heterocycles. The molecule has 0 unspecified atom stereocenters. The van der Waals surface area contributed by atoms with Crippen molar-refractivity contribution in [3.8, 4) is 22.8 Å². The molecule has 4 nitrogen and oxygen atoms in total. The zero-order chi connectivity index (χ0) is 27.3. The Kier molecular flexibility index (Phi) is 8.31. The van der Waals surface area contributed by atoms with Crippen molar-refractivity contribution in [2.75, 3.05) is 18.6 Å². The van der Waals surface area contributed by atoms with Gasteiger partial charge in [-0.15, -0.1) is 11.3 Å². The van der Waals surface area contributed by atoms with Crippen LogP contribution in [0.2, 0.25) is 0 Å². The standard InChI is InChI=1S/C30H31F3N2O2S/c1-29(2,3)37-25-14-10-21(11-15-25)16-17-35(19-22-8-12-24(13-9-22)30(31,32)33)28-34-27(20-38-28)23-6-5-7-26(18-23)36-4/h5-15,18,20H,16-17,19H2,1-4H3. The lowest BCUT2D eigenvalue weighted by atomic mass is 10.1. The van der Waals surface area contributed by atoms with Crippen molar-refractivity contribution in [1.29, 1.82) is 0 Å². The maximum absolute atomic E-state index is 13.1. The van der Waals surface area contributed by atoms with Crippen molar-refractivity contribution in [2.45, 2.75) is 45.5 Å². The lowest BCUT2D eigenvalue weighted by Gasteiger charge is -2.23. The number of benzene rings is 3. The zero-order valence-electron chi connectivity index (χ0n) is 21.9. The number of rotatable bonds is 9. The van der Waals surface area contributed by atoms with E-state index in [2.05, 4.69) is 4.90 Å². The van der Waals surface area contributed by atoms with E-state index in [4.69, 9.17) is 14.5 Å². The largest absolute Gasteiger partial charge is 0.497 e. The minimum absolute atomic E-state index is 0.273. The minimum Gasteiger partial charge on any atom is -0.497 e. The number of methoxy groups -OCH3 is 1. The van der Waals surface area contributed by atoms with Gasteiger partial charge in [0.2, 0.25) is 0 Å². The molecule has 0 aliphatic carbocycles. The molecule has 3 aromatic carbocycles. The molecular formula is C30H31F3N2O2S. The number of hydrogen-bond donors (Lipinski definition) is 0. The molecule has 4 rings (SSSR count). The Balaban J connectivity index is 1.55. The molecule has 0 spiro atoms. The summed E-state index contributed by atoms with van der Waals surface area (Å²) in [6, 6.07) is 21.0. The Morgan fingerprint density at radius 1 is 0.868 bits per heavy atom. The van der Waals surface area contributed by atoms with E-state index in [9.17, 15) is 13.2 Å². The normalized spacial score (nSPS) is 11.9. The summed E-state index contributed by atoms with van der Waals surface area (Å²) >= 11 is 1.51. The van der Waals surface area contributed by atoms with E-state index in [0.717, 1.165) is 57.6 Å². The minimum atomic E-state index is -4.36. The molecule has 200 valence electrons. The summed E-state index contributed by atoms with van der Waals surface area (Å²) in [4.78, 5) is 6.97. The fraction of sp³-hybridized carbons (Fsp3) is 0.300. The van der Waals surface area contributed by atoms with Crippen LogP contribution in [0.4, 0.5) is 18.3 Å². The maximum Gasteiger partial charge on any atom is 0.416 e. The fourth-order valence-corrected chi connectivity index (χ4v) is 4.79. The molecule has 0 amide bonds. The molecule has 0 radical (unpaired) electrons. The fourth-order valence-electron chi connectivity index (χ4n) is 3.93. The van der Waals surface area contributed by atoms with Crippen LogP contribution in [-0.4, -0.2) is 24.2 Å². The van der Waals surface area contributed by atoms with Gasteiger partial charge in [-0.25, -0.2) is 4.98 Å². The van der Waals surface area contributed by atoms with Gasteiger partial charge >= 0.3 is 6.18 Å². The summed E-state index contributed by atoms with van der Waals surface area (Å²) in [5, 5.41) is 2.79. The summed E-state index contributed by atoms with van der Waals surface area (Å²) in [5.74, 6) is 1.56. The third-order valence-electron chi connectivity index (χ3n) is 5.80. The predicted molar refractivity (Wildman–Crippen MR) is 147 cm³/mol. The summed E-state index contributed by atoms with van der Waals surface area (Å²) in [6.07, 6.45) is -3.62. The molecule has 0 saturated heterocycles. The molecule has 0 aliphatic rings. The zero-order valence-corrected chi connectivity index (χ0v) is 22.7. The van der Waals surface area contributed by atoms with Crippen LogP contribution in [0, 0.1) is 0 Å². The number of alkyl halides is 3. The Morgan fingerprint density at radius 2 is 1.55 bits per heavy atom. The number of thiazole rings is 1. The molecule has 0 atom stereocenters. The van der Waals surface area contributed by atoms with Gasteiger partial charge < -0.3 is 14.4 Å². The second-order valence-corrected chi connectivity index (χ2v) is 10.8. The molecule has 0 bridgehead atoms. The van der Waals surface area contributed by atoms with Crippen LogP contribution in [0.3, 0.4) is 0 Å². The number of hydrogen-bond acceptors (Lipinski definition) is 5. The Morgan fingerprint density at radius 3 is 2.18 bits per heavy atom. The highest BCUT2D eigenvalue weighted by molar-refractivity contribution is 7.14. The van der Waals surface area contributed by atoms with Gasteiger partial charge in [0.05, 0.1) is 18.4 Å². The van der Waals surface area contributed by atoms with Crippen LogP contribution in [0.1, 0.15) is 37.5 Å². The van der Waals surface area contributed by atoms with Gasteiger partial charge in [0, 0.05) is 24.0 Å². The van der Waals surface area contributed by atoms with E-state index in [1.807, 2.05) is 74.7 Å². The number of ether oxygens (including phenoxy) is 2. The van der Waals surface area contributed by atoms with Gasteiger partial charge in [-0.3, -0.25) is 0 Å². The molecule has 0 saturated carbocycles. The van der Waals surface area contributed by atoms with Crippen LogP contribution in [0.25, 0.3) is 11.3 Å². The van der Waals surface area contributed by atoms with Gasteiger partial charge in [0.1, 0.15) is 17.1 Å². The Labute approximate surface area is 225 Å². The number of halogens is 3. The van der Waals surface area contributed by atoms with E-state index >= 15 is 0 Å². The molecule has 1 heterocycles. The quantitative estimate of drug-likeness (QED) is 0.214. The van der Waals surface area contributed by atoms with Crippen LogP contribution in [0.15, 0.2) is 78.2 Å². The van der Waals surface area contributed by atoms with Crippen molar-refractivity contribution in [3.05, 3.63) is 94.9 Å². The topological polar surface area (TPSA) is 34.6 Å². The van der Waals surface area contributed by atoms with Crippen LogP contribution >= 0.6 is 11.3 Å². The average Bonchev–Trinajstić information content (AvgIpc) is 3.37. The highest BCUT2D eigenvalue weighted by Crippen LogP contribution is 2.32. The Hall–Kier alpha value is -3.52. The smallest absolute Gasteiger partial charge is 0.416 e. The summed E-state index contributed by atoms with van der Waals surface area (Å²) < 4.78 is 50.4. The second kappa shape index (κ2) is 11.5. The van der Waals surface area contributed by atoms with E-state index < -0.39 is 11.7 Å². The summed E-state index contributed by atoms with van der Waals surface area (Å²) in [5.41, 5.74) is 2.75. The first kappa shape index (κ1) is 27.5. The molecule has 0 fully saturated rings. The van der Waals surface area contributed by atoms with Crippen molar-refractivity contribution < 1.29 is 22.6 Å². The third kappa shape index (κ3) is 7.51. The van der Waals surface area contributed by atoms with Crippen molar-refractivity contribution in [2.24, 2.45) is 0 Å². The predicted octanol–water partition coefficient (Wildman–Crippen LogP) is 8.26. The summed E-state index contributed by atoms with van der Waals surface area (Å²) in [7, 11) is 1.62. The van der Waals surface area contributed by atoms with Crippen molar-refractivity contribution >= 4 is 16.5 Å². The molecular weight excluding hydrogens is 509 g/mol. The first-order valence-electron chi connectivity index (χ1n) is 12.3.